The van der Waals surface area contributed by atoms with Crippen LogP contribution in [0.25, 0.3) is 0 Å². The molecule has 20 heavy (non-hydrogen) atoms. The van der Waals surface area contributed by atoms with Crippen LogP contribution in [0.15, 0.2) is 4.99 Å². The molecule has 2 N–H and O–H groups in total. The molecule has 7 nitrogen and oxygen atoms in total. The lowest BCUT2D eigenvalue weighted by molar-refractivity contribution is -0.151. The number of carbonyl (C=O) groups excluding carboxylic acids is 2. The Balaban J connectivity index is 2.52. The lowest BCUT2D eigenvalue weighted by Gasteiger charge is -2.38. The van der Waals surface area contributed by atoms with Gasteiger partial charge in [-0.1, -0.05) is 0 Å². The summed E-state index contributed by atoms with van der Waals surface area (Å²) >= 11 is 0. The van der Waals surface area contributed by atoms with Gasteiger partial charge in [0.1, 0.15) is 6.54 Å². The molecule has 0 spiro atoms. The Hall–Kier alpha value is -1.63. The Morgan fingerprint density at radius 1 is 1.50 bits per heavy atom. The summed E-state index contributed by atoms with van der Waals surface area (Å²) in [6.07, 6.45) is 1.51. The van der Waals surface area contributed by atoms with Gasteiger partial charge in [-0.2, -0.15) is 0 Å². The Morgan fingerprint density at radius 3 is 2.80 bits per heavy atom. The molecule has 1 heterocycles. The highest BCUT2D eigenvalue weighted by Crippen LogP contribution is 2.14. The zero-order valence-electron chi connectivity index (χ0n) is 12.5. The lowest BCUT2D eigenvalue weighted by atomic mass is 10.1. The van der Waals surface area contributed by atoms with Crippen molar-refractivity contribution in [2.75, 3.05) is 40.3 Å². The van der Waals surface area contributed by atoms with Gasteiger partial charge in [-0.15, -0.1) is 0 Å². The van der Waals surface area contributed by atoms with E-state index in [0.717, 1.165) is 13.0 Å². The molecule has 0 unspecified atom stereocenters. The van der Waals surface area contributed by atoms with E-state index in [9.17, 15) is 9.59 Å². The van der Waals surface area contributed by atoms with Crippen LogP contribution in [-0.4, -0.2) is 73.9 Å². The van der Waals surface area contributed by atoms with E-state index in [1.165, 1.54) is 7.11 Å². The number of amidine groups is 1. The molecule has 0 radical (unpaired) electrons. The topological polar surface area (TPSA) is 88.2 Å². The largest absolute Gasteiger partial charge is 0.468 e. The van der Waals surface area contributed by atoms with E-state index < -0.39 is 0 Å². The van der Waals surface area contributed by atoms with Gasteiger partial charge < -0.3 is 15.4 Å². The number of hydrogen-bond donors (Lipinski definition) is 1. The molecule has 1 saturated heterocycles. The van der Waals surface area contributed by atoms with Crippen LogP contribution in [0, 0.1) is 0 Å². The van der Waals surface area contributed by atoms with Gasteiger partial charge in [-0.3, -0.25) is 19.5 Å². The standard InChI is InChI=1S/C13H24N4O3/c1-10(14)15-6-4-5-11-13(19)17(8-7-16(11)2)9-12(18)20-3/h11H,4-9H2,1-3H3,(H2,14,15)/t11-/m0/s1. The summed E-state index contributed by atoms with van der Waals surface area (Å²) in [5.74, 6) is 0.156. The number of methoxy groups -OCH3 is 1. The minimum atomic E-state index is -0.384. The second kappa shape index (κ2) is 7.84. The fourth-order valence-corrected chi connectivity index (χ4v) is 2.21. The van der Waals surface area contributed by atoms with Gasteiger partial charge in [0.25, 0.3) is 0 Å². The molecule has 7 heteroatoms. The molecule has 114 valence electrons. The minimum Gasteiger partial charge on any atom is -0.468 e. The van der Waals surface area contributed by atoms with Gasteiger partial charge in [0.15, 0.2) is 0 Å². The van der Waals surface area contributed by atoms with Crippen LogP contribution >= 0.6 is 0 Å². The number of piperazine rings is 1. The van der Waals surface area contributed by atoms with Gasteiger partial charge in [-0.05, 0) is 26.8 Å². The van der Waals surface area contributed by atoms with E-state index in [-0.39, 0.29) is 24.5 Å². The van der Waals surface area contributed by atoms with Gasteiger partial charge in [0.05, 0.1) is 19.0 Å². The Labute approximate surface area is 119 Å². The van der Waals surface area contributed by atoms with Crippen LogP contribution < -0.4 is 5.73 Å². The summed E-state index contributed by atoms with van der Waals surface area (Å²) in [6.45, 7) is 3.71. The number of nitrogens with zero attached hydrogens (tertiary/aromatic N) is 3. The molecule has 1 atom stereocenters. The third kappa shape index (κ3) is 4.80. The summed E-state index contributed by atoms with van der Waals surface area (Å²) in [5, 5.41) is 0. The van der Waals surface area contributed by atoms with E-state index in [1.54, 1.807) is 11.8 Å². The molecule has 0 aromatic rings. The first kappa shape index (κ1) is 16.4. The Bertz CT molecular complexity index is 380. The van der Waals surface area contributed by atoms with Crippen LogP contribution in [-0.2, 0) is 14.3 Å². The molecule has 1 fully saturated rings. The number of esters is 1. The van der Waals surface area contributed by atoms with Gasteiger partial charge >= 0.3 is 5.97 Å². The third-order valence-electron chi connectivity index (χ3n) is 3.40. The minimum absolute atomic E-state index is 0.0161. The van der Waals surface area contributed by atoms with E-state index in [1.807, 2.05) is 11.9 Å². The van der Waals surface area contributed by atoms with E-state index in [0.29, 0.717) is 25.3 Å². The van der Waals surface area contributed by atoms with E-state index in [4.69, 9.17) is 5.73 Å². The first-order chi connectivity index (χ1) is 9.45. The van der Waals surface area contributed by atoms with Gasteiger partial charge in [-0.25, -0.2) is 0 Å². The maximum Gasteiger partial charge on any atom is 0.325 e. The average Bonchev–Trinajstić information content (AvgIpc) is 2.40. The number of rotatable bonds is 6. The number of ether oxygens (including phenoxy) is 1. The maximum absolute atomic E-state index is 12.3. The number of hydrogen-bond acceptors (Lipinski definition) is 5. The van der Waals surface area contributed by atoms with Crippen molar-refractivity contribution in [2.24, 2.45) is 10.7 Å². The molecule has 0 aromatic carbocycles. The molecule has 1 rings (SSSR count). The number of amides is 1. The number of carbonyl (C=O) groups is 2. The summed E-state index contributed by atoms with van der Waals surface area (Å²) in [6, 6.07) is -0.193. The normalized spacial score (nSPS) is 21.1. The number of nitrogens with two attached hydrogens (primary N) is 1. The zero-order chi connectivity index (χ0) is 15.1. The highest BCUT2D eigenvalue weighted by atomic mass is 16.5. The molecule has 1 aliphatic rings. The molecule has 1 aliphatic heterocycles. The van der Waals surface area contributed by atoms with Crippen molar-refractivity contribution in [2.45, 2.75) is 25.8 Å². The van der Waals surface area contributed by atoms with E-state index >= 15 is 0 Å². The second-order valence-corrected chi connectivity index (χ2v) is 5.00. The molecule has 0 bridgehead atoms. The van der Waals surface area contributed by atoms with Crippen LogP contribution in [0.3, 0.4) is 0 Å². The van der Waals surface area contributed by atoms with Crippen molar-refractivity contribution in [3.05, 3.63) is 0 Å². The van der Waals surface area contributed by atoms with Crippen LogP contribution in [0.5, 0.6) is 0 Å². The summed E-state index contributed by atoms with van der Waals surface area (Å²) in [7, 11) is 3.25. The fourth-order valence-electron chi connectivity index (χ4n) is 2.21. The fraction of sp³-hybridized carbons (Fsp3) is 0.769. The summed E-state index contributed by atoms with van der Waals surface area (Å²) in [4.78, 5) is 31.3. The Morgan fingerprint density at radius 2 is 2.20 bits per heavy atom. The lowest BCUT2D eigenvalue weighted by Crippen LogP contribution is -2.56. The first-order valence-electron chi connectivity index (χ1n) is 6.78. The summed E-state index contributed by atoms with van der Waals surface area (Å²) < 4.78 is 4.61. The molecule has 1 amide bonds. The maximum atomic E-state index is 12.3. The molecule has 0 aromatic heterocycles. The second-order valence-electron chi connectivity index (χ2n) is 5.00. The molecular weight excluding hydrogens is 260 g/mol. The average molecular weight is 284 g/mol. The highest BCUT2D eigenvalue weighted by molar-refractivity contribution is 5.86. The molecular formula is C13H24N4O3. The Kier molecular flexibility index (Phi) is 6.44. The smallest absolute Gasteiger partial charge is 0.325 e. The predicted molar refractivity (Wildman–Crippen MR) is 76.4 cm³/mol. The third-order valence-corrected chi connectivity index (χ3v) is 3.40. The van der Waals surface area contributed by atoms with Crippen molar-refractivity contribution >= 4 is 17.7 Å². The van der Waals surface area contributed by atoms with E-state index in [2.05, 4.69) is 9.73 Å². The van der Waals surface area contributed by atoms with Gasteiger partial charge in [0, 0.05) is 19.6 Å². The molecule has 0 aliphatic carbocycles. The van der Waals surface area contributed by atoms with Crippen molar-refractivity contribution in [1.29, 1.82) is 0 Å². The number of likely N-dealkylation sites (N-methyl/N-ethyl adjacent to an activating group) is 1. The van der Waals surface area contributed by atoms with Crippen LogP contribution in [0.1, 0.15) is 19.8 Å². The monoisotopic (exact) mass is 284 g/mol. The zero-order valence-corrected chi connectivity index (χ0v) is 12.5. The van der Waals surface area contributed by atoms with Crippen molar-refractivity contribution in [3.63, 3.8) is 0 Å². The number of aliphatic imine (C=N–C) groups is 1. The van der Waals surface area contributed by atoms with Crippen molar-refractivity contribution in [1.82, 2.24) is 9.80 Å². The van der Waals surface area contributed by atoms with Crippen LogP contribution in [0.4, 0.5) is 0 Å². The first-order valence-corrected chi connectivity index (χ1v) is 6.78. The predicted octanol–water partition coefficient (Wildman–Crippen LogP) is -0.541. The quantitative estimate of drug-likeness (QED) is 0.306. The highest BCUT2D eigenvalue weighted by Gasteiger charge is 2.33. The SMILES string of the molecule is COC(=O)CN1CCN(C)[C@@H](CCCN=C(C)N)C1=O. The van der Waals surface area contributed by atoms with Crippen molar-refractivity contribution < 1.29 is 14.3 Å². The summed E-state index contributed by atoms with van der Waals surface area (Å²) in [5.41, 5.74) is 5.47. The molecule has 0 saturated carbocycles. The van der Waals surface area contributed by atoms with Crippen LogP contribution in [0.2, 0.25) is 0 Å². The van der Waals surface area contributed by atoms with Crippen molar-refractivity contribution in [3.8, 4) is 0 Å². The van der Waals surface area contributed by atoms with Gasteiger partial charge in [0.2, 0.25) is 5.91 Å².